The molecular weight excluding hydrogens is 186 g/mol. The van der Waals surface area contributed by atoms with Crippen molar-refractivity contribution in [2.75, 3.05) is 6.54 Å². The Morgan fingerprint density at radius 2 is 2.00 bits per heavy atom. The quantitative estimate of drug-likeness (QED) is 0.801. The molecule has 0 radical (unpaired) electrons. The van der Waals surface area contributed by atoms with Gasteiger partial charge >= 0.3 is 0 Å². The van der Waals surface area contributed by atoms with E-state index >= 15 is 0 Å². The van der Waals surface area contributed by atoms with E-state index in [1.54, 1.807) is 0 Å². The zero-order valence-electron chi connectivity index (χ0n) is 9.49. The molecule has 1 aliphatic heterocycles. The third kappa shape index (κ3) is 2.96. The smallest absolute Gasteiger partial charge is 0.119 e. The zero-order valence-corrected chi connectivity index (χ0v) is 9.49. The van der Waals surface area contributed by atoms with E-state index in [9.17, 15) is 0 Å². The maximum atomic E-state index is 5.95. The predicted molar refractivity (Wildman–Crippen MR) is 62.2 cm³/mol. The average molecular weight is 205 g/mol. The van der Waals surface area contributed by atoms with Gasteiger partial charge in [-0.3, -0.25) is 0 Å². The van der Waals surface area contributed by atoms with Crippen molar-refractivity contribution in [3.8, 4) is 5.75 Å². The highest BCUT2D eigenvalue weighted by molar-refractivity contribution is 5.21. The first-order valence-corrected chi connectivity index (χ1v) is 5.62. The van der Waals surface area contributed by atoms with Crippen LogP contribution in [-0.4, -0.2) is 18.2 Å². The highest BCUT2D eigenvalue weighted by Crippen LogP contribution is 2.23. The second kappa shape index (κ2) is 4.23. The number of piperidine rings is 1. The molecular formula is C13H19NO. The van der Waals surface area contributed by atoms with E-state index in [1.165, 1.54) is 0 Å². The molecule has 1 saturated heterocycles. The van der Waals surface area contributed by atoms with E-state index < -0.39 is 0 Å². The molecule has 0 saturated carbocycles. The second-order valence-electron chi connectivity index (χ2n) is 4.86. The van der Waals surface area contributed by atoms with Crippen molar-refractivity contribution >= 4 is 0 Å². The molecule has 0 amide bonds. The summed E-state index contributed by atoms with van der Waals surface area (Å²) in [5.74, 6) is 0.986. The highest BCUT2D eigenvalue weighted by Gasteiger charge is 2.28. The van der Waals surface area contributed by atoms with Crippen LogP contribution in [0.15, 0.2) is 30.3 Å². The molecule has 1 aliphatic rings. The van der Waals surface area contributed by atoms with Gasteiger partial charge in [0, 0.05) is 12.0 Å². The molecule has 15 heavy (non-hydrogen) atoms. The molecule has 1 aromatic rings. The number of hydrogen-bond donors (Lipinski definition) is 1. The standard InChI is InChI=1S/C13H19NO/c1-13(2)10-12(8-9-14-13)15-11-6-4-3-5-7-11/h3-7,12,14H,8-10H2,1-2H3. The van der Waals surface area contributed by atoms with E-state index in [0.717, 1.165) is 25.1 Å². The minimum atomic E-state index is 0.206. The molecule has 2 rings (SSSR count). The van der Waals surface area contributed by atoms with E-state index in [-0.39, 0.29) is 5.54 Å². The molecule has 1 fully saturated rings. The van der Waals surface area contributed by atoms with Crippen molar-refractivity contribution in [2.24, 2.45) is 0 Å². The third-order valence-electron chi connectivity index (χ3n) is 2.85. The molecule has 1 N–H and O–H groups in total. The Kier molecular flexibility index (Phi) is 2.96. The van der Waals surface area contributed by atoms with Crippen LogP contribution in [0, 0.1) is 0 Å². The number of para-hydroxylation sites is 1. The SMILES string of the molecule is CC1(C)CC(Oc2ccccc2)CCN1. The normalized spacial score (nSPS) is 24.8. The number of ether oxygens (including phenoxy) is 1. The summed E-state index contributed by atoms with van der Waals surface area (Å²) in [4.78, 5) is 0. The van der Waals surface area contributed by atoms with Gasteiger partial charge in [0.25, 0.3) is 0 Å². The van der Waals surface area contributed by atoms with Crippen molar-refractivity contribution in [1.29, 1.82) is 0 Å². The summed E-state index contributed by atoms with van der Waals surface area (Å²) in [6.45, 7) is 5.51. The summed E-state index contributed by atoms with van der Waals surface area (Å²) in [5.41, 5.74) is 0.206. The van der Waals surface area contributed by atoms with Crippen molar-refractivity contribution < 1.29 is 4.74 Å². The predicted octanol–water partition coefficient (Wildman–Crippen LogP) is 2.60. The fourth-order valence-corrected chi connectivity index (χ4v) is 2.11. The molecule has 82 valence electrons. The molecule has 0 aromatic heterocycles. The first-order chi connectivity index (χ1) is 7.16. The lowest BCUT2D eigenvalue weighted by molar-refractivity contribution is 0.112. The van der Waals surface area contributed by atoms with Gasteiger partial charge in [-0.1, -0.05) is 18.2 Å². The Labute approximate surface area is 91.6 Å². The van der Waals surface area contributed by atoms with Crippen LogP contribution in [0.1, 0.15) is 26.7 Å². The van der Waals surface area contributed by atoms with Gasteiger partial charge in [-0.2, -0.15) is 0 Å². The highest BCUT2D eigenvalue weighted by atomic mass is 16.5. The number of hydrogen-bond acceptors (Lipinski definition) is 2. The fourth-order valence-electron chi connectivity index (χ4n) is 2.11. The molecule has 2 nitrogen and oxygen atoms in total. The van der Waals surface area contributed by atoms with Gasteiger partial charge in [-0.15, -0.1) is 0 Å². The summed E-state index contributed by atoms with van der Waals surface area (Å²) in [6.07, 6.45) is 2.52. The number of rotatable bonds is 2. The van der Waals surface area contributed by atoms with Crippen LogP contribution in [-0.2, 0) is 0 Å². The minimum Gasteiger partial charge on any atom is -0.490 e. The monoisotopic (exact) mass is 205 g/mol. The van der Waals surface area contributed by atoms with Gasteiger partial charge in [0.1, 0.15) is 11.9 Å². The average Bonchev–Trinajstić information content (AvgIpc) is 2.17. The Morgan fingerprint density at radius 1 is 1.27 bits per heavy atom. The molecule has 2 heteroatoms. The van der Waals surface area contributed by atoms with Crippen LogP contribution in [0.5, 0.6) is 5.75 Å². The first-order valence-electron chi connectivity index (χ1n) is 5.62. The molecule has 1 unspecified atom stereocenters. The van der Waals surface area contributed by atoms with Crippen LogP contribution in [0.3, 0.4) is 0 Å². The van der Waals surface area contributed by atoms with Crippen LogP contribution < -0.4 is 10.1 Å². The molecule has 0 aliphatic carbocycles. The molecule has 0 spiro atoms. The Hall–Kier alpha value is -1.02. The van der Waals surface area contributed by atoms with Crippen molar-refractivity contribution in [1.82, 2.24) is 5.32 Å². The summed E-state index contributed by atoms with van der Waals surface area (Å²) >= 11 is 0. The molecule has 1 heterocycles. The van der Waals surface area contributed by atoms with E-state index in [2.05, 4.69) is 19.2 Å². The first kappa shape index (κ1) is 10.5. The second-order valence-corrected chi connectivity index (χ2v) is 4.86. The van der Waals surface area contributed by atoms with Gasteiger partial charge in [0.15, 0.2) is 0 Å². The van der Waals surface area contributed by atoms with E-state index in [1.807, 2.05) is 30.3 Å². The number of benzene rings is 1. The minimum absolute atomic E-state index is 0.206. The van der Waals surface area contributed by atoms with Crippen LogP contribution in [0.4, 0.5) is 0 Å². The molecule has 1 aromatic carbocycles. The maximum absolute atomic E-state index is 5.95. The Bertz CT molecular complexity index is 308. The molecule has 1 atom stereocenters. The third-order valence-corrected chi connectivity index (χ3v) is 2.85. The lowest BCUT2D eigenvalue weighted by atomic mass is 9.91. The van der Waals surface area contributed by atoms with Crippen molar-refractivity contribution in [3.05, 3.63) is 30.3 Å². The van der Waals surface area contributed by atoms with Gasteiger partial charge in [0.2, 0.25) is 0 Å². The van der Waals surface area contributed by atoms with Gasteiger partial charge in [-0.25, -0.2) is 0 Å². The van der Waals surface area contributed by atoms with E-state index in [4.69, 9.17) is 4.74 Å². The van der Waals surface area contributed by atoms with Crippen molar-refractivity contribution in [2.45, 2.75) is 38.3 Å². The van der Waals surface area contributed by atoms with Gasteiger partial charge in [-0.05, 0) is 38.9 Å². The summed E-state index contributed by atoms with van der Waals surface area (Å²) in [6, 6.07) is 10.1. The lowest BCUT2D eigenvalue weighted by Gasteiger charge is -2.36. The molecule has 0 bridgehead atoms. The van der Waals surface area contributed by atoms with Gasteiger partial charge in [0.05, 0.1) is 0 Å². The summed E-state index contributed by atoms with van der Waals surface area (Å²) in [7, 11) is 0. The Balaban J connectivity index is 1.95. The number of nitrogens with one attached hydrogen (secondary N) is 1. The summed E-state index contributed by atoms with van der Waals surface area (Å²) < 4.78 is 5.95. The zero-order chi connectivity index (χ0) is 10.7. The van der Waals surface area contributed by atoms with Crippen LogP contribution in [0.2, 0.25) is 0 Å². The largest absolute Gasteiger partial charge is 0.490 e. The van der Waals surface area contributed by atoms with Gasteiger partial charge < -0.3 is 10.1 Å². The van der Waals surface area contributed by atoms with Crippen LogP contribution in [0.25, 0.3) is 0 Å². The lowest BCUT2D eigenvalue weighted by Crippen LogP contribution is -2.49. The maximum Gasteiger partial charge on any atom is 0.119 e. The Morgan fingerprint density at radius 3 is 2.67 bits per heavy atom. The topological polar surface area (TPSA) is 21.3 Å². The van der Waals surface area contributed by atoms with Crippen LogP contribution >= 0.6 is 0 Å². The van der Waals surface area contributed by atoms with Crippen molar-refractivity contribution in [3.63, 3.8) is 0 Å². The summed E-state index contributed by atoms with van der Waals surface area (Å²) in [5, 5.41) is 3.49. The fraction of sp³-hybridized carbons (Fsp3) is 0.538. The van der Waals surface area contributed by atoms with E-state index in [0.29, 0.717) is 6.10 Å².